The molecule has 1 heterocycles. The number of nitrogens with zero attached hydrogens (tertiary/aromatic N) is 3. The highest BCUT2D eigenvalue weighted by Gasteiger charge is 2.27. The fourth-order valence-corrected chi connectivity index (χ4v) is 2.50. The van der Waals surface area contributed by atoms with Crippen LogP contribution < -0.4 is 11.1 Å². The molecule has 9 heteroatoms. The van der Waals surface area contributed by atoms with E-state index in [1.165, 1.54) is 25.0 Å². The van der Waals surface area contributed by atoms with Crippen LogP contribution in [0.15, 0.2) is 11.1 Å². The molecule has 0 atom stereocenters. The SMILES string of the molecule is CCn1cc(S(=O)(=O)N(C)CC(=O)NC)c(N)n1. The molecule has 1 amide bonds. The Bertz CT molecular complexity index is 536. The number of anilines is 1. The highest BCUT2D eigenvalue weighted by atomic mass is 32.2. The quantitative estimate of drug-likeness (QED) is 0.705. The van der Waals surface area contributed by atoms with Crippen LogP contribution in [0.5, 0.6) is 0 Å². The van der Waals surface area contributed by atoms with Crippen LogP contribution in [0.2, 0.25) is 0 Å². The molecule has 3 N–H and O–H groups in total. The summed E-state index contributed by atoms with van der Waals surface area (Å²) in [7, 11) is -1.05. The second kappa shape index (κ2) is 5.36. The van der Waals surface area contributed by atoms with Gasteiger partial charge in [0.2, 0.25) is 15.9 Å². The molecule has 1 rings (SSSR count). The van der Waals surface area contributed by atoms with Gasteiger partial charge in [-0.1, -0.05) is 0 Å². The zero-order valence-electron chi connectivity index (χ0n) is 10.5. The maximum Gasteiger partial charge on any atom is 0.248 e. The van der Waals surface area contributed by atoms with Gasteiger partial charge in [-0.05, 0) is 6.92 Å². The Morgan fingerprint density at radius 1 is 1.61 bits per heavy atom. The Morgan fingerprint density at radius 3 is 2.67 bits per heavy atom. The molecule has 0 aliphatic rings. The molecule has 0 saturated carbocycles. The molecule has 0 saturated heterocycles. The number of nitrogen functional groups attached to an aromatic ring is 1. The smallest absolute Gasteiger partial charge is 0.248 e. The predicted molar refractivity (Wildman–Crippen MR) is 66.2 cm³/mol. The van der Waals surface area contributed by atoms with Crippen LogP contribution in [0.3, 0.4) is 0 Å². The maximum absolute atomic E-state index is 12.1. The fourth-order valence-electron chi connectivity index (χ4n) is 1.31. The van der Waals surface area contributed by atoms with Crippen molar-refractivity contribution < 1.29 is 13.2 Å². The van der Waals surface area contributed by atoms with E-state index in [0.717, 1.165) is 4.31 Å². The minimum atomic E-state index is -3.80. The normalized spacial score (nSPS) is 11.8. The molecule has 0 aromatic carbocycles. The first-order valence-corrected chi connectivity index (χ1v) is 6.76. The molecule has 18 heavy (non-hydrogen) atoms. The zero-order chi connectivity index (χ0) is 13.9. The minimum absolute atomic E-state index is 0.0689. The number of hydrogen-bond donors (Lipinski definition) is 2. The van der Waals surface area contributed by atoms with Crippen molar-refractivity contribution in [2.24, 2.45) is 0 Å². The number of aromatic nitrogens is 2. The van der Waals surface area contributed by atoms with Crippen molar-refractivity contribution in [2.45, 2.75) is 18.4 Å². The largest absolute Gasteiger partial charge is 0.381 e. The van der Waals surface area contributed by atoms with Crippen LogP contribution in [-0.2, 0) is 21.4 Å². The zero-order valence-corrected chi connectivity index (χ0v) is 11.4. The molecule has 1 aromatic rings. The van der Waals surface area contributed by atoms with E-state index in [9.17, 15) is 13.2 Å². The van der Waals surface area contributed by atoms with Crippen LogP contribution in [-0.4, -0.2) is 49.1 Å². The molecule has 0 fully saturated rings. The number of carbonyl (C=O) groups is 1. The van der Waals surface area contributed by atoms with Gasteiger partial charge in [0.15, 0.2) is 5.82 Å². The Hall–Kier alpha value is -1.61. The summed E-state index contributed by atoms with van der Waals surface area (Å²) in [5.41, 5.74) is 5.57. The molecule has 8 nitrogen and oxygen atoms in total. The molecule has 1 aromatic heterocycles. The summed E-state index contributed by atoms with van der Waals surface area (Å²) in [6, 6.07) is 0. The number of hydrogen-bond acceptors (Lipinski definition) is 5. The lowest BCUT2D eigenvalue weighted by atomic mass is 10.6. The molecule has 0 radical (unpaired) electrons. The number of sulfonamides is 1. The lowest BCUT2D eigenvalue weighted by molar-refractivity contribution is -0.120. The van der Waals surface area contributed by atoms with E-state index >= 15 is 0 Å². The second-order valence-corrected chi connectivity index (χ2v) is 5.68. The Kier molecular flexibility index (Phi) is 4.30. The summed E-state index contributed by atoms with van der Waals surface area (Å²) in [4.78, 5) is 11.1. The third-order valence-electron chi connectivity index (χ3n) is 2.41. The summed E-state index contributed by atoms with van der Waals surface area (Å²) in [6.45, 7) is 2.06. The van der Waals surface area contributed by atoms with Crippen molar-refractivity contribution in [2.75, 3.05) is 26.4 Å². The van der Waals surface area contributed by atoms with Crippen molar-refractivity contribution in [1.29, 1.82) is 0 Å². The van der Waals surface area contributed by atoms with Crippen molar-refractivity contribution in [3.8, 4) is 0 Å². The van der Waals surface area contributed by atoms with Gasteiger partial charge >= 0.3 is 0 Å². The summed E-state index contributed by atoms with van der Waals surface area (Å²) in [5, 5.41) is 6.22. The van der Waals surface area contributed by atoms with Crippen LogP contribution in [0.1, 0.15) is 6.92 Å². The van der Waals surface area contributed by atoms with Crippen LogP contribution in [0, 0.1) is 0 Å². The minimum Gasteiger partial charge on any atom is -0.381 e. The number of carbonyl (C=O) groups excluding carboxylic acids is 1. The highest BCUT2D eigenvalue weighted by molar-refractivity contribution is 7.89. The van der Waals surface area contributed by atoms with E-state index < -0.39 is 15.9 Å². The van der Waals surface area contributed by atoms with Gasteiger partial charge in [0.25, 0.3) is 0 Å². The number of nitrogens with one attached hydrogen (secondary N) is 1. The summed E-state index contributed by atoms with van der Waals surface area (Å²) < 4.78 is 26.6. The van der Waals surface area contributed by atoms with Crippen molar-refractivity contribution >= 4 is 21.7 Å². The third kappa shape index (κ3) is 2.79. The average molecular weight is 275 g/mol. The van der Waals surface area contributed by atoms with E-state index in [0.29, 0.717) is 6.54 Å². The number of rotatable bonds is 5. The fraction of sp³-hybridized carbons (Fsp3) is 0.556. The van der Waals surface area contributed by atoms with Crippen LogP contribution in [0.25, 0.3) is 0 Å². The number of aryl methyl sites for hydroxylation is 1. The van der Waals surface area contributed by atoms with Gasteiger partial charge in [0.05, 0.1) is 6.54 Å². The van der Waals surface area contributed by atoms with E-state index in [1.54, 1.807) is 0 Å². The molecule has 0 unspecified atom stereocenters. The molecule has 0 aliphatic heterocycles. The molecular weight excluding hydrogens is 258 g/mol. The Balaban J connectivity index is 3.05. The molecular formula is C9H17N5O3S. The Labute approximate surface area is 106 Å². The van der Waals surface area contributed by atoms with Gasteiger partial charge in [-0.25, -0.2) is 8.42 Å². The topological polar surface area (TPSA) is 110 Å². The number of amides is 1. The van der Waals surface area contributed by atoms with Crippen molar-refractivity contribution in [1.82, 2.24) is 19.4 Å². The third-order valence-corrected chi connectivity index (χ3v) is 4.23. The first kappa shape index (κ1) is 14.5. The summed E-state index contributed by atoms with van der Waals surface area (Å²) in [5.74, 6) is -0.469. The van der Waals surface area contributed by atoms with Crippen LogP contribution in [0.4, 0.5) is 5.82 Å². The first-order valence-electron chi connectivity index (χ1n) is 5.32. The van der Waals surface area contributed by atoms with E-state index in [-0.39, 0.29) is 17.3 Å². The number of nitrogens with two attached hydrogens (primary N) is 1. The lowest BCUT2D eigenvalue weighted by Gasteiger charge is -2.15. The molecule has 0 aliphatic carbocycles. The summed E-state index contributed by atoms with van der Waals surface area (Å²) >= 11 is 0. The average Bonchev–Trinajstić information content (AvgIpc) is 2.70. The lowest BCUT2D eigenvalue weighted by Crippen LogP contribution is -2.37. The Morgan fingerprint density at radius 2 is 2.22 bits per heavy atom. The van der Waals surface area contributed by atoms with Gasteiger partial charge in [-0.2, -0.15) is 9.40 Å². The monoisotopic (exact) mass is 275 g/mol. The van der Waals surface area contributed by atoms with E-state index in [4.69, 9.17) is 5.73 Å². The van der Waals surface area contributed by atoms with Crippen molar-refractivity contribution in [3.63, 3.8) is 0 Å². The van der Waals surface area contributed by atoms with Gasteiger partial charge < -0.3 is 11.1 Å². The van der Waals surface area contributed by atoms with E-state index in [2.05, 4.69) is 10.4 Å². The van der Waals surface area contributed by atoms with Crippen LogP contribution >= 0.6 is 0 Å². The van der Waals surface area contributed by atoms with Crippen molar-refractivity contribution in [3.05, 3.63) is 6.20 Å². The molecule has 102 valence electrons. The maximum atomic E-state index is 12.1. The molecule has 0 spiro atoms. The predicted octanol–water partition coefficient (Wildman–Crippen LogP) is -1.15. The molecule has 0 bridgehead atoms. The van der Waals surface area contributed by atoms with Gasteiger partial charge in [0, 0.05) is 26.8 Å². The standard InChI is InChI=1S/C9H17N5O3S/c1-4-14-5-7(9(10)12-14)18(16,17)13(3)6-8(15)11-2/h5H,4,6H2,1-3H3,(H2,10,12)(H,11,15). The highest BCUT2D eigenvalue weighted by Crippen LogP contribution is 2.19. The second-order valence-electron chi connectivity index (χ2n) is 3.67. The number of likely N-dealkylation sites (N-methyl/N-ethyl adjacent to an activating group) is 2. The van der Waals surface area contributed by atoms with Gasteiger partial charge in [0.1, 0.15) is 4.90 Å². The van der Waals surface area contributed by atoms with E-state index in [1.807, 2.05) is 6.92 Å². The first-order chi connectivity index (χ1) is 8.32. The summed E-state index contributed by atoms with van der Waals surface area (Å²) in [6.07, 6.45) is 1.35. The van der Waals surface area contributed by atoms with Gasteiger partial charge in [-0.15, -0.1) is 0 Å². The van der Waals surface area contributed by atoms with Gasteiger partial charge in [-0.3, -0.25) is 9.48 Å².